The highest BCUT2D eigenvalue weighted by Gasteiger charge is 2.69. The van der Waals surface area contributed by atoms with Crippen LogP contribution in [0.15, 0.2) is 35.2 Å². The van der Waals surface area contributed by atoms with E-state index in [1.54, 1.807) is 51.3 Å². The highest BCUT2D eigenvalue weighted by Crippen LogP contribution is 2.53. The van der Waals surface area contributed by atoms with Crippen LogP contribution in [-0.2, 0) is 24.0 Å². The molecule has 3 atom stereocenters. The Bertz CT molecular complexity index is 615. The average molecular weight is 358 g/mol. The molecule has 0 spiro atoms. The van der Waals surface area contributed by atoms with Crippen LogP contribution in [0, 0.1) is 5.92 Å². The van der Waals surface area contributed by atoms with E-state index >= 15 is 0 Å². The van der Waals surface area contributed by atoms with Gasteiger partial charge in [0.05, 0.1) is 30.3 Å². The van der Waals surface area contributed by atoms with Gasteiger partial charge in [-0.25, -0.2) is 8.42 Å². The third-order valence-corrected chi connectivity index (χ3v) is 6.92. The first-order valence-electron chi connectivity index (χ1n) is 8.04. The zero-order valence-corrected chi connectivity index (χ0v) is 15.2. The molecule has 0 amide bonds. The first-order valence-corrected chi connectivity index (χ1v) is 9.52. The molecule has 24 heavy (non-hydrogen) atoms. The molecule has 1 aromatic carbocycles. The van der Waals surface area contributed by atoms with E-state index < -0.39 is 26.8 Å². The van der Waals surface area contributed by atoms with E-state index in [-0.39, 0.29) is 24.0 Å². The van der Waals surface area contributed by atoms with Crippen LogP contribution in [0.3, 0.4) is 0 Å². The molecule has 6 nitrogen and oxygen atoms in total. The molecule has 1 aliphatic carbocycles. The number of aliphatic hydroxyl groups excluding tert-OH is 1. The molecule has 1 fully saturated rings. The second-order valence-electron chi connectivity index (χ2n) is 6.34. The van der Waals surface area contributed by atoms with E-state index in [4.69, 9.17) is 14.2 Å². The standard InChI is InChI=1S/C17H26O6S/c1-13(2)16(18)17(11-15(17)23-12-22-10-9-21-3)24(19,20)14-7-5-4-6-8-14/h4-8,13,15-16,18H,9-12H2,1-3H3. The van der Waals surface area contributed by atoms with Crippen molar-refractivity contribution in [2.45, 2.75) is 42.1 Å². The molecule has 7 heteroatoms. The minimum Gasteiger partial charge on any atom is -0.391 e. The van der Waals surface area contributed by atoms with E-state index in [0.717, 1.165) is 0 Å². The third kappa shape index (κ3) is 3.65. The van der Waals surface area contributed by atoms with E-state index in [9.17, 15) is 13.5 Å². The van der Waals surface area contributed by atoms with Gasteiger partial charge in [0.25, 0.3) is 0 Å². The van der Waals surface area contributed by atoms with Gasteiger partial charge in [0.15, 0.2) is 9.84 Å². The van der Waals surface area contributed by atoms with Gasteiger partial charge < -0.3 is 19.3 Å². The Morgan fingerprint density at radius 3 is 2.50 bits per heavy atom. The monoisotopic (exact) mass is 358 g/mol. The van der Waals surface area contributed by atoms with Gasteiger partial charge in [0.1, 0.15) is 11.5 Å². The fraction of sp³-hybridized carbons (Fsp3) is 0.647. The van der Waals surface area contributed by atoms with Crippen LogP contribution in [0.2, 0.25) is 0 Å². The molecule has 3 unspecified atom stereocenters. The Kier molecular flexibility index (Phi) is 6.39. The lowest BCUT2D eigenvalue weighted by Gasteiger charge is -2.26. The van der Waals surface area contributed by atoms with Gasteiger partial charge in [-0.2, -0.15) is 0 Å². The summed E-state index contributed by atoms with van der Waals surface area (Å²) in [6, 6.07) is 8.21. The van der Waals surface area contributed by atoms with E-state index in [1.165, 1.54) is 0 Å². The normalized spacial score (nSPS) is 25.0. The number of aliphatic hydroxyl groups is 1. The predicted octanol–water partition coefficient (Wildman–Crippen LogP) is 1.63. The van der Waals surface area contributed by atoms with Crippen molar-refractivity contribution in [2.75, 3.05) is 27.1 Å². The van der Waals surface area contributed by atoms with Crippen LogP contribution in [-0.4, -0.2) is 57.6 Å². The lowest BCUT2D eigenvalue weighted by Crippen LogP contribution is -2.43. The molecule has 1 aliphatic rings. The summed E-state index contributed by atoms with van der Waals surface area (Å²) < 4.78 is 40.6. The molecule has 0 radical (unpaired) electrons. The van der Waals surface area contributed by atoms with Crippen LogP contribution >= 0.6 is 0 Å². The van der Waals surface area contributed by atoms with Crippen LogP contribution < -0.4 is 0 Å². The fourth-order valence-electron chi connectivity index (χ4n) is 2.90. The van der Waals surface area contributed by atoms with Crippen molar-refractivity contribution in [3.8, 4) is 0 Å². The average Bonchev–Trinajstić information content (AvgIpc) is 3.31. The maximum absolute atomic E-state index is 13.1. The zero-order valence-electron chi connectivity index (χ0n) is 14.3. The summed E-state index contributed by atoms with van der Waals surface area (Å²) in [7, 11) is -2.15. The molecule has 0 bridgehead atoms. The summed E-state index contributed by atoms with van der Waals surface area (Å²) in [6.45, 7) is 4.39. The smallest absolute Gasteiger partial charge is 0.189 e. The van der Waals surface area contributed by atoms with Crippen LogP contribution in [0.5, 0.6) is 0 Å². The van der Waals surface area contributed by atoms with Gasteiger partial charge in [0, 0.05) is 13.5 Å². The van der Waals surface area contributed by atoms with Crippen molar-refractivity contribution in [3.63, 3.8) is 0 Å². The summed E-state index contributed by atoms with van der Waals surface area (Å²) in [6.07, 6.45) is -1.33. The number of benzene rings is 1. The molecule has 0 heterocycles. The number of rotatable bonds is 10. The lowest BCUT2D eigenvalue weighted by molar-refractivity contribution is -0.0791. The van der Waals surface area contributed by atoms with Crippen LogP contribution in [0.4, 0.5) is 0 Å². The first kappa shape index (κ1) is 19.3. The summed E-state index contributed by atoms with van der Waals surface area (Å²) >= 11 is 0. The molecule has 0 saturated heterocycles. The molecule has 1 aromatic rings. The number of ether oxygens (including phenoxy) is 3. The summed E-state index contributed by atoms with van der Waals surface area (Å²) in [5.74, 6) is -0.202. The predicted molar refractivity (Wildman–Crippen MR) is 89.4 cm³/mol. The molecule has 0 aromatic heterocycles. The molecule has 1 saturated carbocycles. The van der Waals surface area contributed by atoms with Crippen molar-refractivity contribution < 1.29 is 27.7 Å². The Morgan fingerprint density at radius 2 is 1.92 bits per heavy atom. The molecular formula is C17H26O6S. The van der Waals surface area contributed by atoms with Crippen molar-refractivity contribution in [1.29, 1.82) is 0 Å². The first-order chi connectivity index (χ1) is 11.4. The topological polar surface area (TPSA) is 82.1 Å². The second-order valence-corrected chi connectivity index (χ2v) is 8.58. The number of hydrogen-bond donors (Lipinski definition) is 1. The van der Waals surface area contributed by atoms with Gasteiger partial charge >= 0.3 is 0 Å². The van der Waals surface area contributed by atoms with E-state index in [2.05, 4.69) is 0 Å². The second kappa shape index (κ2) is 7.93. The number of sulfone groups is 1. The molecule has 1 N–H and O–H groups in total. The summed E-state index contributed by atoms with van der Waals surface area (Å²) in [5, 5.41) is 10.6. The SMILES string of the molecule is COCCOCOC1CC1(C(O)C(C)C)S(=O)(=O)c1ccccc1. The van der Waals surface area contributed by atoms with Gasteiger partial charge in [-0.3, -0.25) is 0 Å². The van der Waals surface area contributed by atoms with Gasteiger partial charge in [-0.1, -0.05) is 32.0 Å². The highest BCUT2D eigenvalue weighted by molar-refractivity contribution is 7.93. The van der Waals surface area contributed by atoms with Crippen LogP contribution in [0.1, 0.15) is 20.3 Å². The quantitative estimate of drug-likeness (QED) is 0.506. The Hall–Kier alpha value is -0.990. The minimum absolute atomic E-state index is 0.0229. The van der Waals surface area contributed by atoms with Crippen molar-refractivity contribution in [1.82, 2.24) is 0 Å². The van der Waals surface area contributed by atoms with Gasteiger partial charge in [0.2, 0.25) is 0 Å². The Morgan fingerprint density at radius 1 is 1.25 bits per heavy atom. The lowest BCUT2D eigenvalue weighted by atomic mass is 10.0. The molecule has 136 valence electrons. The maximum atomic E-state index is 13.1. The fourth-order valence-corrected chi connectivity index (χ4v) is 5.23. The third-order valence-electron chi connectivity index (χ3n) is 4.36. The number of methoxy groups -OCH3 is 1. The maximum Gasteiger partial charge on any atom is 0.189 e. The van der Waals surface area contributed by atoms with E-state index in [0.29, 0.717) is 13.2 Å². The number of hydrogen-bond acceptors (Lipinski definition) is 6. The zero-order chi connectivity index (χ0) is 17.8. The molecule has 0 aliphatic heterocycles. The summed E-state index contributed by atoms with van der Waals surface area (Å²) in [4.78, 5) is 0.205. The van der Waals surface area contributed by atoms with Crippen LogP contribution in [0.25, 0.3) is 0 Å². The Balaban J connectivity index is 2.16. The minimum atomic E-state index is -3.72. The van der Waals surface area contributed by atoms with Gasteiger partial charge in [-0.15, -0.1) is 0 Å². The largest absolute Gasteiger partial charge is 0.391 e. The molecule has 2 rings (SSSR count). The Labute approximate surface area is 143 Å². The highest BCUT2D eigenvalue weighted by atomic mass is 32.2. The van der Waals surface area contributed by atoms with E-state index in [1.807, 2.05) is 0 Å². The van der Waals surface area contributed by atoms with Crippen molar-refractivity contribution in [3.05, 3.63) is 30.3 Å². The van der Waals surface area contributed by atoms with Crippen molar-refractivity contribution >= 4 is 9.84 Å². The molecular weight excluding hydrogens is 332 g/mol. The van der Waals surface area contributed by atoms with Gasteiger partial charge in [-0.05, 0) is 18.1 Å². The van der Waals surface area contributed by atoms with Crippen molar-refractivity contribution in [2.24, 2.45) is 5.92 Å². The summed E-state index contributed by atoms with van der Waals surface area (Å²) in [5.41, 5.74) is 0.